The van der Waals surface area contributed by atoms with Crippen molar-refractivity contribution < 1.29 is 9.53 Å². The van der Waals surface area contributed by atoms with Gasteiger partial charge in [-0.15, -0.1) is 0 Å². The van der Waals surface area contributed by atoms with Crippen molar-refractivity contribution in [2.75, 3.05) is 57.4 Å². The molecule has 0 radical (unpaired) electrons. The van der Waals surface area contributed by atoms with Crippen LogP contribution in [0.25, 0.3) is 0 Å². The molecule has 2 rings (SSSR count). The summed E-state index contributed by atoms with van der Waals surface area (Å²) in [5.41, 5.74) is 0. The molecular formula is C16H31N3O2S. The quantitative estimate of drug-likeness (QED) is 0.707. The zero-order chi connectivity index (χ0) is 15.8. The molecule has 0 saturated carbocycles. The molecule has 2 aliphatic heterocycles. The van der Waals surface area contributed by atoms with Crippen LogP contribution in [0.4, 0.5) is 0 Å². The third-order valence-electron chi connectivity index (χ3n) is 4.58. The van der Waals surface area contributed by atoms with Gasteiger partial charge in [-0.25, -0.2) is 0 Å². The summed E-state index contributed by atoms with van der Waals surface area (Å²) in [4.78, 5) is 17.1. The Labute approximate surface area is 139 Å². The molecule has 2 unspecified atom stereocenters. The number of nitrogens with one attached hydrogen (secondary N) is 1. The molecule has 5 nitrogen and oxygen atoms in total. The number of thioether (sulfide) groups is 1. The SMILES string of the molecule is CCOCCN1CCN(C(=O)CC2CSCCN2)CC1CC. The predicted octanol–water partition coefficient (Wildman–Crippen LogP) is 1.04. The smallest absolute Gasteiger partial charge is 0.224 e. The van der Waals surface area contributed by atoms with E-state index >= 15 is 0 Å². The lowest BCUT2D eigenvalue weighted by atomic mass is 10.1. The van der Waals surface area contributed by atoms with Crippen LogP contribution < -0.4 is 5.32 Å². The van der Waals surface area contributed by atoms with E-state index in [1.54, 1.807) is 0 Å². The molecule has 2 saturated heterocycles. The monoisotopic (exact) mass is 329 g/mol. The molecule has 6 heteroatoms. The van der Waals surface area contributed by atoms with Crippen LogP contribution >= 0.6 is 11.8 Å². The van der Waals surface area contributed by atoms with Gasteiger partial charge in [0.25, 0.3) is 0 Å². The minimum Gasteiger partial charge on any atom is -0.380 e. The van der Waals surface area contributed by atoms with E-state index in [0.29, 0.717) is 24.4 Å². The van der Waals surface area contributed by atoms with Gasteiger partial charge in [0.05, 0.1) is 6.61 Å². The van der Waals surface area contributed by atoms with E-state index in [0.717, 1.165) is 58.1 Å². The van der Waals surface area contributed by atoms with Gasteiger partial charge in [0.15, 0.2) is 0 Å². The van der Waals surface area contributed by atoms with Crippen molar-refractivity contribution in [2.24, 2.45) is 0 Å². The Bertz CT molecular complexity index is 337. The minimum absolute atomic E-state index is 0.322. The van der Waals surface area contributed by atoms with E-state index in [9.17, 15) is 4.79 Å². The van der Waals surface area contributed by atoms with Crippen LogP contribution in [0.1, 0.15) is 26.7 Å². The molecule has 2 aliphatic rings. The number of ether oxygens (including phenoxy) is 1. The summed E-state index contributed by atoms with van der Waals surface area (Å²) in [5, 5.41) is 3.46. The summed E-state index contributed by atoms with van der Waals surface area (Å²) in [6.07, 6.45) is 1.75. The van der Waals surface area contributed by atoms with Gasteiger partial charge in [-0.3, -0.25) is 9.69 Å². The lowest BCUT2D eigenvalue weighted by Gasteiger charge is -2.41. The molecule has 0 aromatic carbocycles. The number of hydrogen-bond donors (Lipinski definition) is 1. The minimum atomic E-state index is 0.322. The van der Waals surface area contributed by atoms with Crippen molar-refractivity contribution >= 4 is 17.7 Å². The molecule has 2 atom stereocenters. The highest BCUT2D eigenvalue weighted by molar-refractivity contribution is 7.99. The summed E-state index contributed by atoms with van der Waals surface area (Å²) in [5.74, 6) is 2.56. The molecule has 0 aromatic heterocycles. The summed E-state index contributed by atoms with van der Waals surface area (Å²) >= 11 is 1.95. The first-order chi connectivity index (χ1) is 10.7. The number of hydrogen-bond acceptors (Lipinski definition) is 5. The molecular weight excluding hydrogens is 298 g/mol. The average Bonchev–Trinajstić information content (AvgIpc) is 2.56. The van der Waals surface area contributed by atoms with Gasteiger partial charge in [-0.1, -0.05) is 6.92 Å². The maximum absolute atomic E-state index is 12.5. The number of amides is 1. The van der Waals surface area contributed by atoms with Crippen LogP contribution in [-0.4, -0.2) is 85.2 Å². The average molecular weight is 330 g/mol. The molecule has 22 heavy (non-hydrogen) atoms. The second-order valence-corrected chi connectivity index (χ2v) is 7.21. The Morgan fingerprint density at radius 1 is 1.36 bits per heavy atom. The van der Waals surface area contributed by atoms with E-state index in [4.69, 9.17) is 4.74 Å². The summed E-state index contributed by atoms with van der Waals surface area (Å²) in [7, 11) is 0. The standard InChI is InChI=1S/C16H31N3O2S/c1-3-15-12-19(7-6-18(15)8-9-21-4-2)16(20)11-14-13-22-10-5-17-14/h14-15,17H,3-13H2,1-2H3. The zero-order valence-corrected chi connectivity index (χ0v) is 14.9. The molecule has 1 N–H and O–H groups in total. The molecule has 1 amide bonds. The van der Waals surface area contributed by atoms with Crippen LogP contribution in [0, 0.1) is 0 Å². The highest BCUT2D eigenvalue weighted by atomic mass is 32.2. The fraction of sp³-hybridized carbons (Fsp3) is 0.938. The Hall–Kier alpha value is -0.300. The Morgan fingerprint density at radius 2 is 2.23 bits per heavy atom. The first-order valence-electron chi connectivity index (χ1n) is 8.65. The van der Waals surface area contributed by atoms with E-state index in [1.807, 2.05) is 18.7 Å². The molecule has 2 heterocycles. The first-order valence-corrected chi connectivity index (χ1v) is 9.80. The lowest BCUT2D eigenvalue weighted by molar-refractivity contribution is -0.134. The Balaban J connectivity index is 1.77. The van der Waals surface area contributed by atoms with Gasteiger partial charge in [0.1, 0.15) is 0 Å². The topological polar surface area (TPSA) is 44.8 Å². The fourth-order valence-electron chi connectivity index (χ4n) is 3.22. The van der Waals surface area contributed by atoms with E-state index in [-0.39, 0.29) is 0 Å². The van der Waals surface area contributed by atoms with Crippen molar-refractivity contribution in [1.82, 2.24) is 15.1 Å². The summed E-state index contributed by atoms with van der Waals surface area (Å²) in [6.45, 7) is 10.6. The first kappa shape index (κ1) is 18.0. The van der Waals surface area contributed by atoms with Crippen molar-refractivity contribution in [3.8, 4) is 0 Å². The summed E-state index contributed by atoms with van der Waals surface area (Å²) in [6, 6.07) is 0.842. The molecule has 0 aromatic rings. The highest BCUT2D eigenvalue weighted by Gasteiger charge is 2.29. The van der Waals surface area contributed by atoms with E-state index < -0.39 is 0 Å². The van der Waals surface area contributed by atoms with Gasteiger partial charge < -0.3 is 15.0 Å². The normalized spacial score (nSPS) is 27.1. The van der Waals surface area contributed by atoms with E-state index in [2.05, 4.69) is 22.0 Å². The van der Waals surface area contributed by atoms with Gasteiger partial charge in [0.2, 0.25) is 5.91 Å². The summed E-state index contributed by atoms with van der Waals surface area (Å²) < 4.78 is 5.47. The lowest BCUT2D eigenvalue weighted by Crippen LogP contribution is -2.56. The molecule has 0 aliphatic carbocycles. The second-order valence-electron chi connectivity index (χ2n) is 6.06. The number of nitrogens with zero attached hydrogens (tertiary/aromatic N) is 2. The third-order valence-corrected chi connectivity index (χ3v) is 5.71. The Kier molecular flexibility index (Phi) is 8.00. The maximum atomic E-state index is 12.5. The van der Waals surface area contributed by atoms with Gasteiger partial charge in [0, 0.05) is 69.3 Å². The van der Waals surface area contributed by atoms with Crippen LogP contribution in [0.15, 0.2) is 0 Å². The number of rotatable bonds is 7. The maximum Gasteiger partial charge on any atom is 0.224 e. The van der Waals surface area contributed by atoms with Crippen LogP contribution in [-0.2, 0) is 9.53 Å². The number of carbonyl (C=O) groups excluding carboxylic acids is 1. The van der Waals surface area contributed by atoms with Crippen LogP contribution in [0.3, 0.4) is 0 Å². The van der Waals surface area contributed by atoms with E-state index in [1.165, 1.54) is 5.75 Å². The highest BCUT2D eigenvalue weighted by Crippen LogP contribution is 2.16. The predicted molar refractivity (Wildman–Crippen MR) is 92.5 cm³/mol. The van der Waals surface area contributed by atoms with Gasteiger partial charge in [-0.2, -0.15) is 11.8 Å². The van der Waals surface area contributed by atoms with Crippen LogP contribution in [0.5, 0.6) is 0 Å². The zero-order valence-electron chi connectivity index (χ0n) is 14.1. The van der Waals surface area contributed by atoms with Crippen LogP contribution in [0.2, 0.25) is 0 Å². The Morgan fingerprint density at radius 3 is 2.91 bits per heavy atom. The van der Waals surface area contributed by atoms with Crippen molar-refractivity contribution in [2.45, 2.75) is 38.8 Å². The second kappa shape index (κ2) is 9.75. The number of piperazine rings is 1. The third kappa shape index (κ3) is 5.41. The molecule has 128 valence electrons. The van der Waals surface area contributed by atoms with Crippen molar-refractivity contribution in [1.29, 1.82) is 0 Å². The van der Waals surface area contributed by atoms with Gasteiger partial charge >= 0.3 is 0 Å². The molecule has 0 spiro atoms. The fourth-order valence-corrected chi connectivity index (χ4v) is 4.17. The molecule has 2 fully saturated rings. The largest absolute Gasteiger partial charge is 0.380 e. The van der Waals surface area contributed by atoms with Crippen molar-refractivity contribution in [3.05, 3.63) is 0 Å². The van der Waals surface area contributed by atoms with Crippen molar-refractivity contribution in [3.63, 3.8) is 0 Å². The molecule has 0 bridgehead atoms. The van der Waals surface area contributed by atoms with Gasteiger partial charge in [-0.05, 0) is 13.3 Å². The number of carbonyl (C=O) groups is 1.